The Kier molecular flexibility index (Phi) is 3.70. The van der Waals surface area contributed by atoms with Crippen LogP contribution in [0.5, 0.6) is 0 Å². The van der Waals surface area contributed by atoms with E-state index in [1.54, 1.807) is 0 Å². The average Bonchev–Trinajstić information content (AvgIpc) is 2.83. The molecule has 0 amide bonds. The van der Waals surface area contributed by atoms with Crippen LogP contribution in [0.4, 0.5) is 4.39 Å². The molecule has 1 aromatic heterocycles. The number of rotatable bonds is 3. The Morgan fingerprint density at radius 1 is 1.14 bits per heavy atom. The van der Waals surface area contributed by atoms with Crippen LogP contribution in [-0.4, -0.2) is 9.78 Å². The first-order chi connectivity index (χ1) is 10.1. The number of benzene rings is 2. The van der Waals surface area contributed by atoms with Crippen LogP contribution >= 0.6 is 15.9 Å². The van der Waals surface area contributed by atoms with E-state index in [0.717, 1.165) is 10.0 Å². The third-order valence-electron chi connectivity index (χ3n) is 2.98. The van der Waals surface area contributed by atoms with Crippen LogP contribution in [-0.2, 0) is 6.54 Å². The fourth-order valence-electron chi connectivity index (χ4n) is 1.90. The summed E-state index contributed by atoms with van der Waals surface area (Å²) in [7, 11) is 0. The van der Waals surface area contributed by atoms with Crippen molar-refractivity contribution in [2.75, 3.05) is 0 Å². The van der Waals surface area contributed by atoms with E-state index in [1.165, 1.54) is 28.9 Å². The molecule has 6 heteroatoms. The summed E-state index contributed by atoms with van der Waals surface area (Å²) in [5.41, 5.74) is 1.47. The van der Waals surface area contributed by atoms with Crippen LogP contribution < -0.4 is 5.76 Å². The lowest BCUT2D eigenvalue weighted by Crippen LogP contribution is -2.16. The molecule has 3 aromatic rings. The molecule has 0 spiro atoms. The zero-order valence-corrected chi connectivity index (χ0v) is 12.4. The molecule has 1 heterocycles. The molecular formula is C15H10BrFN2O2. The van der Waals surface area contributed by atoms with E-state index in [1.807, 2.05) is 24.3 Å². The first kappa shape index (κ1) is 13.8. The lowest BCUT2D eigenvalue weighted by atomic mass is 10.2. The average molecular weight is 349 g/mol. The van der Waals surface area contributed by atoms with Crippen LogP contribution in [0.3, 0.4) is 0 Å². The molecule has 4 nitrogen and oxygen atoms in total. The maximum absolute atomic E-state index is 12.9. The highest BCUT2D eigenvalue weighted by Gasteiger charge is 2.11. The lowest BCUT2D eigenvalue weighted by Gasteiger charge is -2.01. The quantitative estimate of drug-likeness (QED) is 0.728. The molecule has 0 radical (unpaired) electrons. The Morgan fingerprint density at radius 3 is 2.57 bits per heavy atom. The summed E-state index contributed by atoms with van der Waals surface area (Å²) in [6.07, 6.45) is 0. The van der Waals surface area contributed by atoms with Gasteiger partial charge in [0.25, 0.3) is 0 Å². The van der Waals surface area contributed by atoms with Gasteiger partial charge in [0.15, 0.2) is 0 Å². The lowest BCUT2D eigenvalue weighted by molar-refractivity contribution is 0.494. The molecule has 21 heavy (non-hydrogen) atoms. The molecule has 2 aromatic carbocycles. The largest absolute Gasteiger partial charge is 0.437 e. The van der Waals surface area contributed by atoms with Gasteiger partial charge in [-0.2, -0.15) is 4.68 Å². The maximum Gasteiger partial charge on any atom is 0.437 e. The summed E-state index contributed by atoms with van der Waals surface area (Å²) in [5.74, 6) is -0.731. The number of hydrogen-bond donors (Lipinski definition) is 0. The van der Waals surface area contributed by atoms with Crippen molar-refractivity contribution >= 4 is 15.9 Å². The maximum atomic E-state index is 12.9. The van der Waals surface area contributed by atoms with E-state index >= 15 is 0 Å². The Morgan fingerprint density at radius 2 is 1.86 bits per heavy atom. The molecule has 0 unspecified atom stereocenters. The van der Waals surface area contributed by atoms with Gasteiger partial charge in [-0.05, 0) is 35.9 Å². The van der Waals surface area contributed by atoms with E-state index in [-0.39, 0.29) is 11.7 Å². The Bertz CT molecular complexity index is 824. The molecule has 0 saturated heterocycles. The second-order valence-electron chi connectivity index (χ2n) is 4.43. The topological polar surface area (TPSA) is 48.0 Å². The normalized spacial score (nSPS) is 10.8. The number of aromatic nitrogens is 2. The summed E-state index contributed by atoms with van der Waals surface area (Å²) in [6, 6.07) is 13.2. The zero-order valence-electron chi connectivity index (χ0n) is 10.8. The fraction of sp³-hybridized carbons (Fsp3) is 0.0667. The van der Waals surface area contributed by atoms with Crippen molar-refractivity contribution in [2.45, 2.75) is 6.54 Å². The Hall–Kier alpha value is -2.21. The minimum absolute atomic E-state index is 0.173. The van der Waals surface area contributed by atoms with Gasteiger partial charge in [0, 0.05) is 10.0 Å². The van der Waals surface area contributed by atoms with Crippen molar-refractivity contribution < 1.29 is 8.81 Å². The third-order valence-corrected chi connectivity index (χ3v) is 3.75. The molecule has 0 bridgehead atoms. The highest BCUT2D eigenvalue weighted by atomic mass is 79.9. The Labute approximate surface area is 128 Å². The van der Waals surface area contributed by atoms with Crippen LogP contribution in [0.1, 0.15) is 5.56 Å². The van der Waals surface area contributed by atoms with Gasteiger partial charge in [0.05, 0.1) is 6.54 Å². The molecule has 3 rings (SSSR count). The molecule has 0 N–H and O–H groups in total. The number of hydrogen-bond acceptors (Lipinski definition) is 3. The van der Waals surface area contributed by atoms with Crippen molar-refractivity contribution in [1.82, 2.24) is 9.78 Å². The molecular weight excluding hydrogens is 339 g/mol. The van der Waals surface area contributed by atoms with E-state index in [9.17, 15) is 9.18 Å². The van der Waals surface area contributed by atoms with Gasteiger partial charge in [-0.3, -0.25) is 0 Å². The Balaban J connectivity index is 1.93. The predicted molar refractivity (Wildman–Crippen MR) is 79.4 cm³/mol. The van der Waals surface area contributed by atoms with E-state index in [2.05, 4.69) is 21.0 Å². The van der Waals surface area contributed by atoms with Gasteiger partial charge < -0.3 is 4.42 Å². The number of nitrogens with zero attached hydrogens (tertiary/aromatic N) is 2. The number of halogens is 2. The summed E-state index contributed by atoms with van der Waals surface area (Å²) in [5, 5.41) is 4.14. The third kappa shape index (κ3) is 2.95. The minimum atomic E-state index is -0.551. The van der Waals surface area contributed by atoms with Crippen molar-refractivity contribution in [3.8, 4) is 11.5 Å². The van der Waals surface area contributed by atoms with Crippen LogP contribution in [0.15, 0.2) is 62.2 Å². The molecule has 106 valence electrons. The van der Waals surface area contributed by atoms with Crippen LogP contribution in [0.2, 0.25) is 0 Å². The van der Waals surface area contributed by atoms with Gasteiger partial charge in [-0.15, -0.1) is 5.10 Å². The first-order valence-corrected chi connectivity index (χ1v) is 7.00. The van der Waals surface area contributed by atoms with Crippen molar-refractivity contribution in [1.29, 1.82) is 0 Å². The standard InChI is InChI=1S/C15H10BrFN2O2/c16-13-4-2-1-3-11(13)9-19-15(20)21-14(18-19)10-5-7-12(17)8-6-10/h1-8H,9H2. The highest BCUT2D eigenvalue weighted by Crippen LogP contribution is 2.18. The van der Waals surface area contributed by atoms with Crippen LogP contribution in [0.25, 0.3) is 11.5 Å². The van der Waals surface area contributed by atoms with Gasteiger partial charge in [0.1, 0.15) is 5.82 Å². The zero-order chi connectivity index (χ0) is 14.8. The van der Waals surface area contributed by atoms with E-state index in [4.69, 9.17) is 4.42 Å². The van der Waals surface area contributed by atoms with E-state index < -0.39 is 5.76 Å². The molecule has 0 saturated carbocycles. The highest BCUT2D eigenvalue weighted by molar-refractivity contribution is 9.10. The predicted octanol–water partition coefficient (Wildman–Crippen LogP) is 3.45. The van der Waals surface area contributed by atoms with Crippen LogP contribution in [0, 0.1) is 5.82 Å². The molecule has 0 atom stereocenters. The van der Waals surface area contributed by atoms with Gasteiger partial charge in [-0.1, -0.05) is 34.1 Å². The molecule has 0 aliphatic carbocycles. The molecule has 0 aliphatic heterocycles. The summed E-state index contributed by atoms with van der Waals surface area (Å²) < 4.78 is 20.1. The molecule has 0 fully saturated rings. The second-order valence-corrected chi connectivity index (χ2v) is 5.28. The minimum Gasteiger partial charge on any atom is -0.388 e. The summed E-state index contributed by atoms with van der Waals surface area (Å²) >= 11 is 3.42. The summed E-state index contributed by atoms with van der Waals surface area (Å²) in [6.45, 7) is 0.297. The van der Waals surface area contributed by atoms with E-state index in [0.29, 0.717) is 12.1 Å². The van der Waals surface area contributed by atoms with Gasteiger partial charge in [0.2, 0.25) is 5.89 Å². The molecule has 0 aliphatic rings. The van der Waals surface area contributed by atoms with Gasteiger partial charge >= 0.3 is 5.76 Å². The second kappa shape index (κ2) is 5.65. The first-order valence-electron chi connectivity index (χ1n) is 6.21. The SMILES string of the molecule is O=c1oc(-c2ccc(F)cc2)nn1Cc1ccccc1Br. The fourth-order valence-corrected chi connectivity index (χ4v) is 2.31. The van der Waals surface area contributed by atoms with Crippen molar-refractivity contribution in [3.05, 3.63) is 74.9 Å². The smallest absolute Gasteiger partial charge is 0.388 e. The van der Waals surface area contributed by atoms with Crippen molar-refractivity contribution in [2.24, 2.45) is 0 Å². The monoisotopic (exact) mass is 348 g/mol. The van der Waals surface area contributed by atoms with Gasteiger partial charge in [-0.25, -0.2) is 9.18 Å². The van der Waals surface area contributed by atoms with Crippen molar-refractivity contribution in [3.63, 3.8) is 0 Å². The summed E-state index contributed by atoms with van der Waals surface area (Å²) in [4.78, 5) is 11.8.